The minimum absolute atomic E-state index is 0.0284. The number of phenolic OH excluding ortho intramolecular Hbond substituents is 1. The number of benzene rings is 2. The quantitative estimate of drug-likeness (QED) is 0.719. The minimum Gasteiger partial charge on any atom is -0.507 e. The van der Waals surface area contributed by atoms with Crippen molar-refractivity contribution in [3.05, 3.63) is 53.3 Å². The summed E-state index contributed by atoms with van der Waals surface area (Å²) in [6, 6.07) is 9.71. The van der Waals surface area contributed by atoms with Gasteiger partial charge in [-0.05, 0) is 48.7 Å². The van der Waals surface area contributed by atoms with Crippen molar-refractivity contribution in [3.63, 3.8) is 0 Å². The van der Waals surface area contributed by atoms with Gasteiger partial charge < -0.3 is 15.2 Å². The molecule has 1 amide bonds. The van der Waals surface area contributed by atoms with Gasteiger partial charge in [0.1, 0.15) is 17.3 Å². The summed E-state index contributed by atoms with van der Waals surface area (Å²) in [5.41, 5.74) is 4.51. The van der Waals surface area contributed by atoms with Gasteiger partial charge in [-0.2, -0.15) is 5.10 Å². The van der Waals surface area contributed by atoms with E-state index in [9.17, 15) is 14.3 Å². The first kappa shape index (κ1) is 17.7. The Balaban J connectivity index is 1.63. The van der Waals surface area contributed by atoms with Crippen LogP contribution in [0.2, 0.25) is 0 Å². The molecular formula is C19H20FN3O3. The first-order valence-corrected chi connectivity index (χ1v) is 8.24. The third kappa shape index (κ3) is 3.61. The highest BCUT2D eigenvalue weighted by Crippen LogP contribution is 2.39. The second-order valence-electron chi connectivity index (χ2n) is 6.14. The number of carbonyl (C=O) groups is 1. The predicted octanol–water partition coefficient (Wildman–Crippen LogP) is 2.98. The van der Waals surface area contributed by atoms with Crippen molar-refractivity contribution in [2.24, 2.45) is 5.10 Å². The third-order valence-electron chi connectivity index (χ3n) is 4.31. The van der Waals surface area contributed by atoms with Gasteiger partial charge in [-0.15, -0.1) is 0 Å². The fourth-order valence-electron chi connectivity index (χ4n) is 3.02. The Bertz CT molecular complexity index is 850. The number of nitrogens with zero attached hydrogens (tertiary/aromatic N) is 1. The van der Waals surface area contributed by atoms with E-state index in [1.807, 2.05) is 6.92 Å². The van der Waals surface area contributed by atoms with Crippen molar-refractivity contribution >= 4 is 17.3 Å². The van der Waals surface area contributed by atoms with Crippen LogP contribution in [0.5, 0.6) is 11.5 Å². The van der Waals surface area contributed by atoms with E-state index >= 15 is 0 Å². The molecule has 6 nitrogen and oxygen atoms in total. The minimum atomic E-state index is -0.372. The number of hydrazone groups is 1. The molecule has 136 valence electrons. The number of halogens is 1. The van der Waals surface area contributed by atoms with Crippen molar-refractivity contribution < 1.29 is 19.0 Å². The lowest BCUT2D eigenvalue weighted by atomic mass is 10.0. The molecule has 0 aliphatic heterocycles. The number of methoxy groups -OCH3 is 1. The number of phenols is 1. The van der Waals surface area contributed by atoms with Gasteiger partial charge in [0, 0.05) is 16.8 Å². The molecule has 0 saturated heterocycles. The van der Waals surface area contributed by atoms with Crippen LogP contribution in [0.1, 0.15) is 30.4 Å². The Morgan fingerprint density at radius 3 is 2.73 bits per heavy atom. The molecule has 26 heavy (non-hydrogen) atoms. The molecule has 7 heteroatoms. The van der Waals surface area contributed by atoms with E-state index < -0.39 is 0 Å². The van der Waals surface area contributed by atoms with Crippen LogP contribution in [-0.4, -0.2) is 30.4 Å². The van der Waals surface area contributed by atoms with Crippen LogP contribution in [0.3, 0.4) is 0 Å². The van der Waals surface area contributed by atoms with Gasteiger partial charge in [0.25, 0.3) is 5.91 Å². The lowest BCUT2D eigenvalue weighted by molar-refractivity contribution is -0.119. The van der Waals surface area contributed by atoms with Gasteiger partial charge in [-0.25, -0.2) is 9.82 Å². The zero-order valence-electron chi connectivity index (χ0n) is 14.5. The number of aromatic hydroxyl groups is 1. The molecule has 3 N–H and O–H groups in total. The van der Waals surface area contributed by atoms with E-state index in [1.54, 1.807) is 31.4 Å². The molecule has 0 bridgehead atoms. The molecule has 0 fully saturated rings. The molecule has 1 atom stereocenters. The molecule has 3 rings (SSSR count). The van der Waals surface area contributed by atoms with Crippen molar-refractivity contribution in [2.75, 3.05) is 19.0 Å². The fraction of sp³-hybridized carbons (Fsp3) is 0.263. The summed E-state index contributed by atoms with van der Waals surface area (Å²) < 4.78 is 19.1. The lowest BCUT2D eigenvalue weighted by Gasteiger charge is -2.07. The molecule has 0 radical (unpaired) electrons. The molecule has 0 unspecified atom stereocenters. The fourth-order valence-corrected chi connectivity index (χ4v) is 3.02. The largest absolute Gasteiger partial charge is 0.507 e. The second-order valence-corrected chi connectivity index (χ2v) is 6.14. The van der Waals surface area contributed by atoms with Gasteiger partial charge in [-0.1, -0.05) is 6.92 Å². The van der Waals surface area contributed by atoms with Gasteiger partial charge in [-0.3, -0.25) is 4.79 Å². The number of carbonyl (C=O) groups excluding carboxylic acids is 1. The Kier molecular flexibility index (Phi) is 5.06. The topological polar surface area (TPSA) is 83.0 Å². The summed E-state index contributed by atoms with van der Waals surface area (Å²) in [4.78, 5) is 12.0. The maximum atomic E-state index is 14.0. The van der Waals surface area contributed by atoms with Crippen molar-refractivity contribution in [1.82, 2.24) is 5.43 Å². The van der Waals surface area contributed by atoms with E-state index in [-0.39, 0.29) is 29.9 Å². The molecule has 0 saturated carbocycles. The lowest BCUT2D eigenvalue weighted by Crippen LogP contribution is -2.26. The molecule has 2 aromatic carbocycles. The van der Waals surface area contributed by atoms with Crippen LogP contribution in [0, 0.1) is 5.82 Å². The first-order chi connectivity index (χ1) is 12.5. The normalized spacial score (nSPS) is 17.0. The van der Waals surface area contributed by atoms with E-state index in [0.29, 0.717) is 23.3 Å². The van der Waals surface area contributed by atoms with E-state index in [0.717, 1.165) is 11.4 Å². The van der Waals surface area contributed by atoms with Gasteiger partial charge in [0.15, 0.2) is 0 Å². The number of fused-ring (bicyclic) bond motifs is 1. The Labute approximate surface area is 150 Å². The van der Waals surface area contributed by atoms with Crippen molar-refractivity contribution in [1.29, 1.82) is 0 Å². The summed E-state index contributed by atoms with van der Waals surface area (Å²) in [6.07, 6.45) is 0.454. The number of rotatable bonds is 5. The van der Waals surface area contributed by atoms with Crippen LogP contribution in [-0.2, 0) is 4.79 Å². The Morgan fingerprint density at radius 1 is 1.31 bits per heavy atom. The number of amides is 1. The summed E-state index contributed by atoms with van der Waals surface area (Å²) in [6.45, 7) is 1.89. The molecule has 2 aromatic rings. The van der Waals surface area contributed by atoms with Gasteiger partial charge in [0.2, 0.25) is 0 Å². The average Bonchev–Trinajstić information content (AvgIpc) is 2.99. The molecule has 1 aliphatic rings. The zero-order chi connectivity index (χ0) is 18.7. The monoisotopic (exact) mass is 357 g/mol. The van der Waals surface area contributed by atoms with E-state index in [2.05, 4.69) is 15.8 Å². The number of ether oxygens (including phenoxy) is 1. The molecule has 0 spiro atoms. The SMILES string of the molecule is COc1ccc(NCC(=O)N/N=C2\C[C@@H](C)c3c(F)ccc(O)c32)cc1. The van der Waals surface area contributed by atoms with Gasteiger partial charge in [0.05, 0.1) is 19.4 Å². The van der Waals surface area contributed by atoms with E-state index in [1.165, 1.54) is 12.1 Å². The molecule has 1 aliphatic carbocycles. The maximum absolute atomic E-state index is 14.0. The Morgan fingerprint density at radius 2 is 2.04 bits per heavy atom. The third-order valence-corrected chi connectivity index (χ3v) is 4.31. The highest BCUT2D eigenvalue weighted by Gasteiger charge is 2.30. The summed E-state index contributed by atoms with van der Waals surface area (Å²) >= 11 is 0. The van der Waals surface area contributed by atoms with Crippen LogP contribution >= 0.6 is 0 Å². The van der Waals surface area contributed by atoms with Crippen LogP contribution in [0.4, 0.5) is 10.1 Å². The smallest absolute Gasteiger partial charge is 0.259 e. The predicted molar refractivity (Wildman–Crippen MR) is 97.3 cm³/mol. The summed E-state index contributed by atoms with van der Waals surface area (Å²) in [5.74, 6) is -0.124. The zero-order valence-corrected chi connectivity index (χ0v) is 14.5. The summed E-state index contributed by atoms with van der Waals surface area (Å²) in [7, 11) is 1.58. The number of nitrogens with one attached hydrogen (secondary N) is 2. The number of hydrogen-bond donors (Lipinski definition) is 3. The maximum Gasteiger partial charge on any atom is 0.259 e. The first-order valence-electron chi connectivity index (χ1n) is 8.24. The van der Waals surface area contributed by atoms with E-state index in [4.69, 9.17) is 4.74 Å². The molecular weight excluding hydrogens is 337 g/mol. The van der Waals surface area contributed by atoms with Crippen LogP contribution < -0.4 is 15.5 Å². The average molecular weight is 357 g/mol. The summed E-state index contributed by atoms with van der Waals surface area (Å²) in [5, 5.41) is 17.1. The van der Waals surface area contributed by atoms with Crippen LogP contribution in [0.15, 0.2) is 41.5 Å². The van der Waals surface area contributed by atoms with Crippen LogP contribution in [0.25, 0.3) is 0 Å². The second kappa shape index (κ2) is 7.43. The Hall–Kier alpha value is -3.09. The number of hydrogen-bond acceptors (Lipinski definition) is 5. The molecule has 0 heterocycles. The standard InChI is InChI=1S/C19H20FN3O3/c1-11-9-15(19-16(24)8-7-14(20)18(11)19)22-23-17(25)10-21-12-3-5-13(26-2)6-4-12/h3-8,11,21,24H,9-10H2,1-2H3,(H,23,25)/b22-15+/t11-/m1/s1. The highest BCUT2D eigenvalue weighted by molar-refractivity contribution is 6.07. The van der Waals surface area contributed by atoms with Crippen molar-refractivity contribution in [2.45, 2.75) is 19.3 Å². The molecule has 0 aromatic heterocycles. The van der Waals surface area contributed by atoms with Gasteiger partial charge >= 0.3 is 0 Å². The van der Waals surface area contributed by atoms with Crippen molar-refractivity contribution in [3.8, 4) is 11.5 Å². The number of anilines is 1. The highest BCUT2D eigenvalue weighted by atomic mass is 19.1.